The second-order valence-corrected chi connectivity index (χ2v) is 5.57. The number of nitrogens with one attached hydrogen (secondary N) is 1. The minimum Gasteiger partial charge on any atom is -0.484 e. The number of hydrogen-bond acceptors (Lipinski definition) is 4. The van der Waals surface area contributed by atoms with Crippen molar-refractivity contribution in [2.75, 3.05) is 13.2 Å². The summed E-state index contributed by atoms with van der Waals surface area (Å²) < 4.78 is 7.50. The Morgan fingerprint density at radius 2 is 2.00 bits per heavy atom. The van der Waals surface area contributed by atoms with Crippen LogP contribution in [0.4, 0.5) is 0 Å². The summed E-state index contributed by atoms with van der Waals surface area (Å²) in [6.07, 6.45) is 5.34. The average Bonchev–Trinajstić information content (AvgIpc) is 3.02. The first-order valence-corrected chi connectivity index (χ1v) is 8.11. The van der Waals surface area contributed by atoms with Gasteiger partial charge in [0.1, 0.15) is 11.6 Å². The van der Waals surface area contributed by atoms with Crippen molar-refractivity contribution in [3.63, 3.8) is 0 Å². The van der Waals surface area contributed by atoms with Gasteiger partial charge in [0, 0.05) is 42.9 Å². The molecule has 6 nitrogen and oxygen atoms in total. The first-order chi connectivity index (χ1) is 12.2. The number of rotatable bonds is 7. The second-order valence-electron chi connectivity index (χ2n) is 5.57. The summed E-state index contributed by atoms with van der Waals surface area (Å²) in [5, 5.41) is 2.87. The quantitative estimate of drug-likeness (QED) is 0.719. The van der Waals surface area contributed by atoms with Crippen LogP contribution in [-0.4, -0.2) is 33.6 Å². The summed E-state index contributed by atoms with van der Waals surface area (Å²) in [6, 6.07) is 13.1. The molecule has 0 unspecified atom stereocenters. The van der Waals surface area contributed by atoms with E-state index in [1.54, 1.807) is 12.4 Å². The highest BCUT2D eigenvalue weighted by Gasteiger charge is 2.10. The van der Waals surface area contributed by atoms with Gasteiger partial charge in [-0.1, -0.05) is 18.2 Å². The number of para-hydroxylation sites is 1. The van der Waals surface area contributed by atoms with Gasteiger partial charge in [0.2, 0.25) is 0 Å². The van der Waals surface area contributed by atoms with E-state index in [0.717, 1.165) is 17.1 Å². The number of aryl methyl sites for hydroxylation is 1. The summed E-state index contributed by atoms with van der Waals surface area (Å²) >= 11 is 0. The SMILES string of the molecule is Cc1cnc(-c2cccnc2)n1CCNC(=O)COc1ccccc1. The number of benzene rings is 1. The van der Waals surface area contributed by atoms with E-state index in [-0.39, 0.29) is 12.5 Å². The lowest BCUT2D eigenvalue weighted by atomic mass is 10.2. The van der Waals surface area contributed by atoms with E-state index in [2.05, 4.69) is 19.9 Å². The third-order valence-electron chi connectivity index (χ3n) is 3.75. The zero-order valence-electron chi connectivity index (χ0n) is 14.1. The van der Waals surface area contributed by atoms with Gasteiger partial charge in [-0.3, -0.25) is 9.78 Å². The molecule has 0 fully saturated rings. The Bertz CT molecular complexity index is 816. The molecule has 0 radical (unpaired) electrons. The standard InChI is InChI=1S/C19H20N4O2/c1-15-12-22-19(16-6-5-9-20-13-16)23(15)11-10-21-18(24)14-25-17-7-3-2-4-8-17/h2-9,12-13H,10-11,14H2,1H3,(H,21,24). The Labute approximate surface area is 146 Å². The van der Waals surface area contributed by atoms with Gasteiger partial charge in [0.25, 0.3) is 5.91 Å². The molecule has 1 N–H and O–H groups in total. The summed E-state index contributed by atoms with van der Waals surface area (Å²) in [7, 11) is 0. The Hall–Kier alpha value is -3.15. The predicted octanol–water partition coefficient (Wildman–Crippen LogP) is 2.45. The van der Waals surface area contributed by atoms with Crippen molar-refractivity contribution < 1.29 is 9.53 Å². The van der Waals surface area contributed by atoms with Gasteiger partial charge in [-0.2, -0.15) is 0 Å². The summed E-state index contributed by atoms with van der Waals surface area (Å²) in [5.41, 5.74) is 1.99. The van der Waals surface area contributed by atoms with E-state index >= 15 is 0 Å². The van der Waals surface area contributed by atoms with Gasteiger partial charge >= 0.3 is 0 Å². The minimum atomic E-state index is -0.149. The van der Waals surface area contributed by atoms with Crippen LogP contribution in [0.1, 0.15) is 5.69 Å². The Kier molecular flexibility index (Phi) is 5.41. The Morgan fingerprint density at radius 1 is 1.16 bits per heavy atom. The smallest absolute Gasteiger partial charge is 0.258 e. The molecule has 2 heterocycles. The Morgan fingerprint density at radius 3 is 2.76 bits per heavy atom. The number of hydrogen-bond donors (Lipinski definition) is 1. The number of amides is 1. The van der Waals surface area contributed by atoms with E-state index < -0.39 is 0 Å². The first-order valence-electron chi connectivity index (χ1n) is 8.11. The average molecular weight is 336 g/mol. The molecule has 0 aliphatic carbocycles. The number of ether oxygens (including phenoxy) is 1. The fourth-order valence-corrected chi connectivity index (χ4v) is 2.49. The lowest BCUT2D eigenvalue weighted by molar-refractivity contribution is -0.123. The molecule has 2 aromatic heterocycles. The lowest BCUT2D eigenvalue weighted by Crippen LogP contribution is -2.31. The molecule has 0 atom stereocenters. The third-order valence-corrected chi connectivity index (χ3v) is 3.75. The number of carbonyl (C=O) groups excluding carboxylic acids is 1. The van der Waals surface area contributed by atoms with Crippen LogP contribution in [0, 0.1) is 6.92 Å². The molecule has 0 aliphatic heterocycles. The predicted molar refractivity (Wildman–Crippen MR) is 95.1 cm³/mol. The van der Waals surface area contributed by atoms with Crippen LogP contribution in [0.15, 0.2) is 61.1 Å². The number of pyridine rings is 1. The molecule has 3 aromatic rings. The van der Waals surface area contributed by atoms with Crippen LogP contribution in [-0.2, 0) is 11.3 Å². The number of nitrogens with zero attached hydrogens (tertiary/aromatic N) is 3. The van der Waals surface area contributed by atoms with Crippen LogP contribution in [0.25, 0.3) is 11.4 Å². The molecular formula is C19H20N4O2. The van der Waals surface area contributed by atoms with E-state index in [1.807, 2.05) is 55.6 Å². The molecule has 25 heavy (non-hydrogen) atoms. The van der Waals surface area contributed by atoms with Crippen LogP contribution in [0.2, 0.25) is 0 Å². The maximum atomic E-state index is 11.9. The van der Waals surface area contributed by atoms with Crippen molar-refractivity contribution in [3.05, 3.63) is 66.7 Å². The zero-order valence-corrected chi connectivity index (χ0v) is 14.1. The molecule has 1 amide bonds. The van der Waals surface area contributed by atoms with E-state index in [9.17, 15) is 4.79 Å². The first kappa shape index (κ1) is 16.7. The largest absolute Gasteiger partial charge is 0.484 e. The van der Waals surface area contributed by atoms with E-state index in [0.29, 0.717) is 18.8 Å². The van der Waals surface area contributed by atoms with Crippen LogP contribution in [0.3, 0.4) is 0 Å². The molecule has 3 rings (SSSR count). The molecule has 0 aliphatic rings. The van der Waals surface area contributed by atoms with Gasteiger partial charge in [0.05, 0.1) is 0 Å². The van der Waals surface area contributed by atoms with Gasteiger partial charge in [0.15, 0.2) is 6.61 Å². The summed E-state index contributed by atoms with van der Waals surface area (Å²) in [6.45, 7) is 3.13. The molecule has 6 heteroatoms. The number of imidazole rings is 1. The van der Waals surface area contributed by atoms with Crippen molar-refractivity contribution in [2.45, 2.75) is 13.5 Å². The highest BCUT2D eigenvalue weighted by Crippen LogP contribution is 2.17. The Balaban J connectivity index is 1.52. The van der Waals surface area contributed by atoms with Crippen molar-refractivity contribution >= 4 is 5.91 Å². The van der Waals surface area contributed by atoms with Crippen LogP contribution in [0.5, 0.6) is 5.75 Å². The van der Waals surface area contributed by atoms with Gasteiger partial charge in [-0.05, 0) is 31.2 Å². The van der Waals surface area contributed by atoms with Crippen molar-refractivity contribution in [2.24, 2.45) is 0 Å². The van der Waals surface area contributed by atoms with Crippen molar-refractivity contribution in [3.8, 4) is 17.1 Å². The van der Waals surface area contributed by atoms with Gasteiger partial charge in [-0.25, -0.2) is 4.98 Å². The van der Waals surface area contributed by atoms with Crippen molar-refractivity contribution in [1.82, 2.24) is 19.9 Å². The van der Waals surface area contributed by atoms with Crippen LogP contribution >= 0.6 is 0 Å². The fourth-order valence-electron chi connectivity index (χ4n) is 2.49. The zero-order chi connectivity index (χ0) is 17.5. The summed E-state index contributed by atoms with van der Waals surface area (Å²) in [5.74, 6) is 1.38. The monoisotopic (exact) mass is 336 g/mol. The molecule has 128 valence electrons. The molecule has 1 aromatic carbocycles. The minimum absolute atomic E-state index is 0.00237. The molecule has 0 saturated heterocycles. The van der Waals surface area contributed by atoms with E-state index in [1.165, 1.54) is 0 Å². The number of carbonyl (C=O) groups is 1. The topological polar surface area (TPSA) is 69.0 Å². The normalized spacial score (nSPS) is 10.4. The van der Waals surface area contributed by atoms with Crippen molar-refractivity contribution in [1.29, 1.82) is 0 Å². The number of aromatic nitrogens is 3. The molecule has 0 bridgehead atoms. The van der Waals surface area contributed by atoms with Gasteiger partial charge in [-0.15, -0.1) is 0 Å². The fraction of sp³-hybridized carbons (Fsp3) is 0.211. The maximum Gasteiger partial charge on any atom is 0.258 e. The molecule has 0 spiro atoms. The molecule has 0 saturated carbocycles. The molecular weight excluding hydrogens is 316 g/mol. The van der Waals surface area contributed by atoms with Gasteiger partial charge < -0.3 is 14.6 Å². The highest BCUT2D eigenvalue weighted by atomic mass is 16.5. The lowest BCUT2D eigenvalue weighted by Gasteiger charge is -2.11. The van der Waals surface area contributed by atoms with Crippen LogP contribution < -0.4 is 10.1 Å². The summed E-state index contributed by atoms with van der Waals surface area (Å²) in [4.78, 5) is 20.5. The van der Waals surface area contributed by atoms with E-state index in [4.69, 9.17) is 4.74 Å². The maximum absolute atomic E-state index is 11.9. The third kappa shape index (κ3) is 4.44. The second kappa shape index (κ2) is 8.10. The highest BCUT2D eigenvalue weighted by molar-refractivity contribution is 5.77.